The van der Waals surface area contributed by atoms with E-state index in [1.165, 1.54) is 16.9 Å². The third kappa shape index (κ3) is 4.16. The topological polar surface area (TPSA) is 55.1 Å². The zero-order valence-electron chi connectivity index (χ0n) is 10.3. The van der Waals surface area contributed by atoms with E-state index in [4.69, 9.17) is 5.73 Å². The van der Waals surface area contributed by atoms with Gasteiger partial charge in [-0.05, 0) is 34.0 Å². The molecule has 3 nitrogen and oxygen atoms in total. The summed E-state index contributed by atoms with van der Waals surface area (Å²) in [7, 11) is 0. The molecule has 1 aromatic heterocycles. The fourth-order valence-corrected chi connectivity index (χ4v) is 3.11. The van der Waals surface area contributed by atoms with Crippen molar-refractivity contribution in [3.63, 3.8) is 0 Å². The predicted molar refractivity (Wildman–Crippen MR) is 82.5 cm³/mol. The first-order valence-electron chi connectivity index (χ1n) is 5.98. The second kappa shape index (κ2) is 6.84. The number of nitrogens with one attached hydrogen (secondary N) is 1. The number of hydrogen-bond acceptors (Lipinski definition) is 3. The van der Waals surface area contributed by atoms with Crippen LogP contribution < -0.4 is 11.1 Å². The molecule has 0 radical (unpaired) electrons. The number of thiophene rings is 1. The number of carbonyl (C=O) groups excluding carboxylic acids is 1. The van der Waals surface area contributed by atoms with Crippen molar-refractivity contribution in [3.05, 3.63) is 56.7 Å². The van der Waals surface area contributed by atoms with Gasteiger partial charge in [0.2, 0.25) is 0 Å². The quantitative estimate of drug-likeness (QED) is 0.880. The first-order valence-corrected chi connectivity index (χ1v) is 7.65. The van der Waals surface area contributed by atoms with Gasteiger partial charge in [-0.25, -0.2) is 0 Å². The number of hydrogen-bond donors (Lipinski definition) is 2. The van der Waals surface area contributed by atoms with E-state index >= 15 is 0 Å². The van der Waals surface area contributed by atoms with Crippen LogP contribution in [0.2, 0.25) is 0 Å². The first kappa shape index (κ1) is 14.2. The molecule has 0 saturated heterocycles. The van der Waals surface area contributed by atoms with Gasteiger partial charge >= 0.3 is 0 Å². The van der Waals surface area contributed by atoms with Crippen LogP contribution in [0.25, 0.3) is 0 Å². The fourth-order valence-electron chi connectivity index (χ4n) is 1.78. The summed E-state index contributed by atoms with van der Waals surface area (Å²) in [6.45, 7) is 0.424. The molecule has 0 unspecified atom stereocenters. The maximum absolute atomic E-state index is 12.0. The summed E-state index contributed by atoms with van der Waals surface area (Å²) in [4.78, 5) is 12.7. The van der Waals surface area contributed by atoms with Gasteiger partial charge < -0.3 is 11.1 Å². The van der Waals surface area contributed by atoms with Gasteiger partial charge in [0.05, 0.1) is 4.88 Å². The molecule has 0 aliphatic rings. The minimum absolute atomic E-state index is 0.0456. The molecule has 1 atom stereocenters. The molecule has 2 rings (SSSR count). The second-order valence-corrected chi connectivity index (χ2v) is 6.05. The van der Waals surface area contributed by atoms with E-state index in [2.05, 4.69) is 21.2 Å². The number of nitrogens with two attached hydrogens (primary N) is 1. The van der Waals surface area contributed by atoms with Gasteiger partial charge in [0.25, 0.3) is 5.91 Å². The number of benzene rings is 1. The Bertz CT molecular complexity index is 541. The van der Waals surface area contributed by atoms with Crippen LogP contribution in [0.3, 0.4) is 0 Å². The third-order valence-electron chi connectivity index (χ3n) is 2.74. The molecule has 0 aliphatic heterocycles. The average molecular weight is 339 g/mol. The van der Waals surface area contributed by atoms with Crippen molar-refractivity contribution < 1.29 is 4.79 Å². The molecule has 0 saturated carbocycles. The third-order valence-corrected chi connectivity index (χ3v) is 4.43. The van der Waals surface area contributed by atoms with Crippen LogP contribution in [-0.2, 0) is 6.42 Å². The Balaban J connectivity index is 1.97. The molecule has 1 amide bonds. The minimum atomic E-state index is -0.0675. The van der Waals surface area contributed by atoms with Crippen LogP contribution in [0.15, 0.2) is 46.3 Å². The molecular weight excluding hydrogens is 324 g/mol. The highest BCUT2D eigenvalue weighted by molar-refractivity contribution is 9.10. The lowest BCUT2D eigenvalue weighted by Crippen LogP contribution is -2.41. The van der Waals surface area contributed by atoms with Gasteiger partial charge in [0, 0.05) is 22.4 Å². The molecule has 0 bridgehead atoms. The fraction of sp³-hybridized carbons (Fsp3) is 0.214. The maximum Gasteiger partial charge on any atom is 0.261 e. The van der Waals surface area contributed by atoms with Crippen molar-refractivity contribution >= 4 is 33.2 Å². The molecular formula is C14H15BrN2OS. The van der Waals surface area contributed by atoms with Crippen LogP contribution >= 0.6 is 27.3 Å². The largest absolute Gasteiger partial charge is 0.347 e. The normalized spacial score (nSPS) is 12.1. The highest BCUT2D eigenvalue weighted by Gasteiger charge is 2.14. The summed E-state index contributed by atoms with van der Waals surface area (Å²) in [6, 6.07) is 11.8. The van der Waals surface area contributed by atoms with Crippen LogP contribution in [0, 0.1) is 0 Å². The van der Waals surface area contributed by atoms with Gasteiger partial charge in [0.1, 0.15) is 0 Å². The molecule has 1 heterocycles. The summed E-state index contributed by atoms with van der Waals surface area (Å²) >= 11 is 4.76. The summed E-state index contributed by atoms with van der Waals surface area (Å²) in [5, 5.41) is 4.86. The zero-order valence-corrected chi connectivity index (χ0v) is 12.7. The minimum Gasteiger partial charge on any atom is -0.347 e. The Morgan fingerprint density at radius 3 is 2.68 bits per heavy atom. The average Bonchev–Trinajstić information content (AvgIpc) is 2.86. The Kier molecular flexibility index (Phi) is 5.13. The van der Waals surface area contributed by atoms with Crippen molar-refractivity contribution in [2.45, 2.75) is 12.5 Å². The molecule has 100 valence electrons. The number of carbonyl (C=O) groups is 1. The van der Waals surface area contributed by atoms with Crippen molar-refractivity contribution in [1.29, 1.82) is 0 Å². The lowest BCUT2D eigenvalue weighted by Gasteiger charge is -2.16. The maximum atomic E-state index is 12.0. The molecule has 3 N–H and O–H groups in total. The van der Waals surface area contributed by atoms with Crippen molar-refractivity contribution in [3.8, 4) is 0 Å². The van der Waals surface area contributed by atoms with E-state index < -0.39 is 0 Å². The number of amides is 1. The molecule has 0 aliphatic carbocycles. The lowest BCUT2D eigenvalue weighted by molar-refractivity contribution is 0.0942. The number of rotatable bonds is 5. The van der Waals surface area contributed by atoms with Crippen LogP contribution in [0.1, 0.15) is 15.2 Å². The zero-order chi connectivity index (χ0) is 13.7. The van der Waals surface area contributed by atoms with Gasteiger partial charge in [-0.3, -0.25) is 4.79 Å². The first-order chi connectivity index (χ1) is 9.19. The standard InChI is InChI=1S/C14H15BrN2OS/c15-11-7-13(19-9-11)14(18)17-12(8-16)6-10-4-2-1-3-5-10/h1-5,7,9,12H,6,8,16H2,(H,17,18)/t12-/m0/s1. The monoisotopic (exact) mass is 338 g/mol. The molecule has 5 heteroatoms. The van der Waals surface area contributed by atoms with Crippen LogP contribution in [0.5, 0.6) is 0 Å². The second-order valence-electron chi connectivity index (χ2n) is 4.22. The molecule has 19 heavy (non-hydrogen) atoms. The van der Waals surface area contributed by atoms with Gasteiger partial charge in [-0.15, -0.1) is 11.3 Å². The van der Waals surface area contributed by atoms with E-state index in [0.717, 1.165) is 10.9 Å². The highest BCUT2D eigenvalue weighted by atomic mass is 79.9. The Morgan fingerprint density at radius 1 is 1.37 bits per heavy atom. The van der Waals surface area contributed by atoms with Gasteiger partial charge in [-0.1, -0.05) is 30.3 Å². The summed E-state index contributed by atoms with van der Waals surface area (Å²) in [5.41, 5.74) is 6.90. The summed E-state index contributed by atoms with van der Waals surface area (Å²) < 4.78 is 0.926. The highest BCUT2D eigenvalue weighted by Crippen LogP contribution is 2.19. The van der Waals surface area contributed by atoms with Crippen molar-refractivity contribution in [1.82, 2.24) is 5.32 Å². The Labute approximate surface area is 125 Å². The SMILES string of the molecule is NC[C@H](Cc1ccccc1)NC(=O)c1cc(Br)cs1. The van der Waals surface area contributed by atoms with Gasteiger partial charge in [0.15, 0.2) is 0 Å². The van der Waals surface area contributed by atoms with Crippen LogP contribution in [-0.4, -0.2) is 18.5 Å². The molecule has 2 aromatic rings. The Morgan fingerprint density at radius 2 is 2.11 bits per heavy atom. The van der Waals surface area contributed by atoms with Crippen LogP contribution in [0.4, 0.5) is 0 Å². The van der Waals surface area contributed by atoms with E-state index in [0.29, 0.717) is 11.4 Å². The Hall–Kier alpha value is -1.17. The summed E-state index contributed by atoms with van der Waals surface area (Å²) in [5.74, 6) is -0.0675. The number of halogens is 1. The predicted octanol–water partition coefficient (Wildman–Crippen LogP) is 2.81. The van der Waals surface area contributed by atoms with E-state index in [9.17, 15) is 4.79 Å². The van der Waals surface area contributed by atoms with Gasteiger partial charge in [-0.2, -0.15) is 0 Å². The smallest absolute Gasteiger partial charge is 0.261 e. The van der Waals surface area contributed by atoms with Crippen molar-refractivity contribution in [2.75, 3.05) is 6.54 Å². The molecule has 0 fully saturated rings. The lowest BCUT2D eigenvalue weighted by atomic mass is 10.1. The van der Waals surface area contributed by atoms with Crippen molar-refractivity contribution in [2.24, 2.45) is 5.73 Å². The summed E-state index contributed by atoms with van der Waals surface area (Å²) in [6.07, 6.45) is 0.746. The van der Waals surface area contributed by atoms with E-state index in [1.54, 1.807) is 0 Å². The van der Waals surface area contributed by atoms with E-state index in [-0.39, 0.29) is 11.9 Å². The van der Waals surface area contributed by atoms with E-state index in [1.807, 2.05) is 41.8 Å². The molecule has 1 aromatic carbocycles. The molecule has 0 spiro atoms.